The van der Waals surface area contributed by atoms with Crippen molar-refractivity contribution < 1.29 is 5.11 Å². The number of nitrogens with zero attached hydrogens (tertiary/aromatic N) is 2. The molecule has 0 spiro atoms. The smallest absolute Gasteiger partial charge is 0.191 e. The molecule has 0 amide bonds. The van der Waals surface area contributed by atoms with Gasteiger partial charge in [-0.25, -0.2) is 0 Å². The number of aliphatic imine (C=N–C) groups is 1. The predicted molar refractivity (Wildman–Crippen MR) is 100 cm³/mol. The maximum atomic E-state index is 9.57. The molecule has 2 rings (SSSR count). The summed E-state index contributed by atoms with van der Waals surface area (Å²) in [5.74, 6) is 0.861. The molecule has 1 aromatic rings. The van der Waals surface area contributed by atoms with Gasteiger partial charge >= 0.3 is 0 Å². The summed E-state index contributed by atoms with van der Waals surface area (Å²) in [6.07, 6.45) is 4.03. The van der Waals surface area contributed by atoms with Gasteiger partial charge in [0.15, 0.2) is 5.96 Å². The number of piperidine rings is 1. The Kier molecular flexibility index (Phi) is 8.05. The van der Waals surface area contributed by atoms with Crippen LogP contribution in [0.2, 0.25) is 0 Å². The van der Waals surface area contributed by atoms with Gasteiger partial charge < -0.3 is 15.7 Å². The normalized spacial score (nSPS) is 17.0. The van der Waals surface area contributed by atoms with Gasteiger partial charge in [0, 0.05) is 39.8 Å². The molecule has 5 heteroatoms. The number of likely N-dealkylation sites (tertiary alicyclic amines) is 1. The van der Waals surface area contributed by atoms with Crippen LogP contribution in [0.15, 0.2) is 29.3 Å². The number of guanidine groups is 1. The van der Waals surface area contributed by atoms with E-state index in [-0.39, 0.29) is 6.10 Å². The molecule has 5 nitrogen and oxygen atoms in total. The van der Waals surface area contributed by atoms with Crippen LogP contribution in [0.4, 0.5) is 0 Å². The molecular formula is C19H32N4O. The van der Waals surface area contributed by atoms with Gasteiger partial charge in [0.25, 0.3) is 0 Å². The van der Waals surface area contributed by atoms with Crippen molar-refractivity contribution in [2.24, 2.45) is 4.99 Å². The minimum atomic E-state index is -0.102. The summed E-state index contributed by atoms with van der Waals surface area (Å²) < 4.78 is 0. The first-order chi connectivity index (χ1) is 11.7. The molecule has 0 unspecified atom stereocenters. The van der Waals surface area contributed by atoms with Gasteiger partial charge in [0.1, 0.15) is 0 Å². The van der Waals surface area contributed by atoms with Crippen molar-refractivity contribution in [3.8, 4) is 0 Å². The highest BCUT2D eigenvalue weighted by atomic mass is 16.3. The molecule has 0 aromatic heterocycles. The van der Waals surface area contributed by atoms with Crippen molar-refractivity contribution in [1.82, 2.24) is 15.5 Å². The van der Waals surface area contributed by atoms with Gasteiger partial charge in [-0.2, -0.15) is 0 Å². The van der Waals surface area contributed by atoms with Crippen LogP contribution < -0.4 is 10.6 Å². The quantitative estimate of drug-likeness (QED) is 0.407. The molecule has 3 N–H and O–H groups in total. The Hall–Kier alpha value is -1.59. The van der Waals surface area contributed by atoms with E-state index in [0.717, 1.165) is 57.9 Å². The Morgan fingerprint density at radius 2 is 1.83 bits per heavy atom. The topological polar surface area (TPSA) is 59.9 Å². The zero-order chi connectivity index (χ0) is 17.2. The molecule has 1 fully saturated rings. The van der Waals surface area contributed by atoms with E-state index < -0.39 is 0 Å². The SMILES string of the molecule is CCCCNC(=NC)NCc1ccc(CN2CCC(O)CC2)cc1. The molecule has 0 atom stereocenters. The lowest BCUT2D eigenvalue weighted by Crippen LogP contribution is -2.37. The number of hydrogen-bond acceptors (Lipinski definition) is 3. The maximum Gasteiger partial charge on any atom is 0.191 e. The fourth-order valence-corrected chi connectivity index (χ4v) is 2.89. The average Bonchev–Trinajstić information content (AvgIpc) is 2.61. The second-order valence-corrected chi connectivity index (χ2v) is 6.53. The van der Waals surface area contributed by atoms with Crippen molar-refractivity contribution in [2.75, 3.05) is 26.7 Å². The summed E-state index contributed by atoms with van der Waals surface area (Å²) >= 11 is 0. The highest BCUT2D eigenvalue weighted by Crippen LogP contribution is 2.14. The molecule has 134 valence electrons. The van der Waals surface area contributed by atoms with Crippen LogP contribution in [0, 0.1) is 0 Å². The van der Waals surface area contributed by atoms with Crippen LogP contribution in [0.5, 0.6) is 0 Å². The molecule has 1 heterocycles. The van der Waals surface area contributed by atoms with E-state index in [0.29, 0.717) is 0 Å². The van der Waals surface area contributed by atoms with Gasteiger partial charge in [-0.05, 0) is 30.4 Å². The van der Waals surface area contributed by atoms with Crippen molar-refractivity contribution in [3.05, 3.63) is 35.4 Å². The monoisotopic (exact) mass is 332 g/mol. The lowest BCUT2D eigenvalue weighted by Gasteiger charge is -2.29. The van der Waals surface area contributed by atoms with E-state index in [9.17, 15) is 5.11 Å². The lowest BCUT2D eigenvalue weighted by atomic mass is 10.1. The molecule has 0 radical (unpaired) electrons. The van der Waals surface area contributed by atoms with E-state index in [2.05, 4.69) is 51.7 Å². The largest absolute Gasteiger partial charge is 0.393 e. The first-order valence-corrected chi connectivity index (χ1v) is 9.14. The van der Waals surface area contributed by atoms with E-state index in [4.69, 9.17) is 0 Å². The first kappa shape index (κ1) is 18.7. The van der Waals surface area contributed by atoms with Crippen LogP contribution in [-0.4, -0.2) is 48.8 Å². The van der Waals surface area contributed by atoms with Crippen LogP contribution in [-0.2, 0) is 13.1 Å². The second-order valence-electron chi connectivity index (χ2n) is 6.53. The number of rotatable bonds is 7. The van der Waals surface area contributed by atoms with E-state index in [1.165, 1.54) is 17.5 Å². The Labute approximate surface area is 146 Å². The molecular weight excluding hydrogens is 300 g/mol. The standard InChI is InChI=1S/C19H32N4O/c1-3-4-11-21-19(20-2)22-14-16-5-7-17(8-6-16)15-23-12-9-18(24)10-13-23/h5-8,18,24H,3-4,9-15H2,1-2H3,(H2,20,21,22). The number of nitrogens with one attached hydrogen (secondary N) is 2. The van der Waals surface area contributed by atoms with Crippen LogP contribution >= 0.6 is 0 Å². The number of unbranched alkanes of at least 4 members (excludes halogenated alkanes) is 1. The number of hydrogen-bond donors (Lipinski definition) is 3. The van der Waals surface area contributed by atoms with Crippen LogP contribution in [0.3, 0.4) is 0 Å². The number of benzene rings is 1. The average molecular weight is 332 g/mol. The van der Waals surface area contributed by atoms with E-state index in [1.807, 2.05) is 0 Å². The highest BCUT2D eigenvalue weighted by molar-refractivity contribution is 5.79. The third-order valence-corrected chi connectivity index (χ3v) is 4.49. The zero-order valence-corrected chi connectivity index (χ0v) is 15.1. The Morgan fingerprint density at radius 3 is 2.46 bits per heavy atom. The van der Waals surface area contributed by atoms with Crippen molar-refractivity contribution >= 4 is 5.96 Å². The zero-order valence-electron chi connectivity index (χ0n) is 15.1. The molecule has 1 aliphatic heterocycles. The predicted octanol–water partition coefficient (Wildman–Crippen LogP) is 2.11. The summed E-state index contributed by atoms with van der Waals surface area (Å²) in [6, 6.07) is 8.77. The Bertz CT molecular complexity index is 493. The molecule has 0 saturated carbocycles. The summed E-state index contributed by atoms with van der Waals surface area (Å²) in [5, 5.41) is 16.2. The molecule has 1 saturated heterocycles. The highest BCUT2D eigenvalue weighted by Gasteiger charge is 2.16. The van der Waals surface area contributed by atoms with Gasteiger partial charge in [0.05, 0.1) is 6.10 Å². The number of aliphatic hydroxyl groups excluding tert-OH is 1. The molecule has 0 aliphatic carbocycles. The fraction of sp³-hybridized carbons (Fsp3) is 0.632. The summed E-state index contributed by atoms with van der Waals surface area (Å²) in [5.41, 5.74) is 2.59. The Morgan fingerprint density at radius 1 is 1.17 bits per heavy atom. The second kappa shape index (κ2) is 10.3. The fourth-order valence-electron chi connectivity index (χ4n) is 2.89. The molecule has 0 bridgehead atoms. The summed E-state index contributed by atoms with van der Waals surface area (Å²) in [4.78, 5) is 6.66. The molecule has 1 aromatic carbocycles. The van der Waals surface area contributed by atoms with Gasteiger partial charge in [0.2, 0.25) is 0 Å². The third kappa shape index (κ3) is 6.49. The van der Waals surface area contributed by atoms with Crippen molar-refractivity contribution in [3.63, 3.8) is 0 Å². The van der Waals surface area contributed by atoms with E-state index >= 15 is 0 Å². The van der Waals surface area contributed by atoms with Crippen molar-refractivity contribution in [2.45, 2.75) is 51.8 Å². The molecule has 24 heavy (non-hydrogen) atoms. The van der Waals surface area contributed by atoms with Gasteiger partial charge in [-0.15, -0.1) is 0 Å². The Balaban J connectivity index is 1.75. The van der Waals surface area contributed by atoms with Crippen molar-refractivity contribution in [1.29, 1.82) is 0 Å². The third-order valence-electron chi connectivity index (χ3n) is 4.49. The first-order valence-electron chi connectivity index (χ1n) is 9.14. The number of aliphatic hydroxyl groups is 1. The van der Waals surface area contributed by atoms with Gasteiger partial charge in [-0.1, -0.05) is 37.6 Å². The summed E-state index contributed by atoms with van der Waals surface area (Å²) in [6.45, 7) is 6.88. The minimum absolute atomic E-state index is 0.102. The maximum absolute atomic E-state index is 9.57. The minimum Gasteiger partial charge on any atom is -0.393 e. The van der Waals surface area contributed by atoms with Crippen LogP contribution in [0.1, 0.15) is 43.7 Å². The lowest BCUT2D eigenvalue weighted by molar-refractivity contribution is 0.0792. The molecule has 1 aliphatic rings. The van der Waals surface area contributed by atoms with Crippen LogP contribution in [0.25, 0.3) is 0 Å². The summed E-state index contributed by atoms with van der Waals surface area (Å²) in [7, 11) is 1.81. The van der Waals surface area contributed by atoms with E-state index in [1.54, 1.807) is 7.05 Å². The van der Waals surface area contributed by atoms with Gasteiger partial charge in [-0.3, -0.25) is 9.89 Å².